The van der Waals surface area contributed by atoms with Gasteiger partial charge in [0.1, 0.15) is 5.75 Å². The van der Waals surface area contributed by atoms with Crippen LogP contribution in [0.4, 0.5) is 0 Å². The zero-order valence-corrected chi connectivity index (χ0v) is 13.1. The number of likely N-dealkylation sites (N-methyl/N-ethyl adjacent to an activating group) is 1. The minimum Gasteiger partial charge on any atom is -0.496 e. The number of benzene rings is 1. The summed E-state index contributed by atoms with van der Waals surface area (Å²) >= 11 is 0. The number of rotatable bonds is 6. The Morgan fingerprint density at radius 2 is 2.15 bits per heavy atom. The van der Waals surface area contributed by atoms with Crippen molar-refractivity contribution in [3.8, 4) is 5.75 Å². The monoisotopic (exact) mass is 276 g/mol. The van der Waals surface area contributed by atoms with Crippen LogP contribution in [-0.2, 0) is 6.54 Å². The SMILES string of the molecule is CCC1CCNC(CN(C)Cc2ccccc2OC)C1. The summed E-state index contributed by atoms with van der Waals surface area (Å²) in [5.41, 5.74) is 1.26. The first-order chi connectivity index (χ1) is 9.72. The number of hydrogen-bond acceptors (Lipinski definition) is 3. The van der Waals surface area contributed by atoms with Gasteiger partial charge in [-0.15, -0.1) is 0 Å². The van der Waals surface area contributed by atoms with Crippen LogP contribution in [0.25, 0.3) is 0 Å². The van der Waals surface area contributed by atoms with E-state index >= 15 is 0 Å². The van der Waals surface area contributed by atoms with E-state index in [2.05, 4.69) is 36.3 Å². The van der Waals surface area contributed by atoms with Gasteiger partial charge < -0.3 is 15.0 Å². The summed E-state index contributed by atoms with van der Waals surface area (Å²) in [5, 5.41) is 3.66. The molecule has 1 fully saturated rings. The molecule has 20 heavy (non-hydrogen) atoms. The molecule has 1 heterocycles. The third-order valence-corrected chi connectivity index (χ3v) is 4.35. The second-order valence-electron chi connectivity index (χ2n) is 5.96. The van der Waals surface area contributed by atoms with Crippen molar-refractivity contribution in [1.29, 1.82) is 0 Å². The summed E-state index contributed by atoms with van der Waals surface area (Å²) < 4.78 is 5.43. The molecule has 0 bridgehead atoms. The molecule has 1 aliphatic heterocycles. The summed E-state index contributed by atoms with van der Waals surface area (Å²) in [6, 6.07) is 8.93. The summed E-state index contributed by atoms with van der Waals surface area (Å²) in [4.78, 5) is 2.40. The Hall–Kier alpha value is -1.06. The first kappa shape index (κ1) is 15.3. The molecule has 1 aliphatic rings. The van der Waals surface area contributed by atoms with Crippen molar-refractivity contribution in [3.05, 3.63) is 29.8 Å². The minimum atomic E-state index is 0.633. The summed E-state index contributed by atoms with van der Waals surface area (Å²) in [7, 11) is 3.94. The van der Waals surface area contributed by atoms with Gasteiger partial charge in [-0.3, -0.25) is 0 Å². The second kappa shape index (κ2) is 7.65. The number of nitrogens with zero attached hydrogens (tertiary/aromatic N) is 1. The smallest absolute Gasteiger partial charge is 0.123 e. The van der Waals surface area contributed by atoms with E-state index in [0.29, 0.717) is 6.04 Å². The Morgan fingerprint density at radius 1 is 1.35 bits per heavy atom. The Balaban J connectivity index is 1.87. The van der Waals surface area contributed by atoms with Gasteiger partial charge in [0.15, 0.2) is 0 Å². The maximum absolute atomic E-state index is 5.43. The van der Waals surface area contributed by atoms with Gasteiger partial charge >= 0.3 is 0 Å². The summed E-state index contributed by atoms with van der Waals surface area (Å²) in [6.07, 6.45) is 3.96. The minimum absolute atomic E-state index is 0.633. The van der Waals surface area contributed by atoms with E-state index in [1.807, 2.05) is 12.1 Å². The number of nitrogens with one attached hydrogen (secondary N) is 1. The van der Waals surface area contributed by atoms with Gasteiger partial charge in [0.2, 0.25) is 0 Å². The number of hydrogen-bond donors (Lipinski definition) is 1. The van der Waals surface area contributed by atoms with Crippen LogP contribution < -0.4 is 10.1 Å². The lowest BCUT2D eigenvalue weighted by molar-refractivity contribution is 0.219. The van der Waals surface area contributed by atoms with E-state index in [1.54, 1.807) is 7.11 Å². The Kier molecular flexibility index (Phi) is 5.86. The van der Waals surface area contributed by atoms with Gasteiger partial charge in [-0.25, -0.2) is 0 Å². The number of para-hydroxylation sites is 1. The van der Waals surface area contributed by atoms with Gasteiger partial charge in [-0.05, 0) is 38.4 Å². The first-order valence-corrected chi connectivity index (χ1v) is 7.76. The highest BCUT2D eigenvalue weighted by Gasteiger charge is 2.21. The van der Waals surface area contributed by atoms with Gasteiger partial charge in [0.25, 0.3) is 0 Å². The zero-order chi connectivity index (χ0) is 14.4. The molecular weight excluding hydrogens is 248 g/mol. The van der Waals surface area contributed by atoms with Gasteiger partial charge in [-0.1, -0.05) is 31.5 Å². The molecule has 3 nitrogen and oxygen atoms in total. The lowest BCUT2D eigenvalue weighted by Crippen LogP contribution is -2.44. The van der Waals surface area contributed by atoms with E-state index in [1.165, 1.54) is 31.4 Å². The average molecular weight is 276 g/mol. The van der Waals surface area contributed by atoms with Crippen molar-refractivity contribution in [2.45, 2.75) is 38.8 Å². The van der Waals surface area contributed by atoms with Crippen molar-refractivity contribution in [3.63, 3.8) is 0 Å². The standard InChI is InChI=1S/C17H28N2O/c1-4-14-9-10-18-16(11-14)13-19(2)12-15-7-5-6-8-17(15)20-3/h5-8,14,16,18H,4,9-13H2,1-3H3. The predicted molar refractivity (Wildman–Crippen MR) is 84.1 cm³/mol. The molecule has 2 rings (SSSR count). The largest absolute Gasteiger partial charge is 0.496 e. The molecule has 0 spiro atoms. The molecule has 1 N–H and O–H groups in total. The third kappa shape index (κ3) is 4.22. The van der Waals surface area contributed by atoms with Gasteiger partial charge in [0, 0.05) is 24.7 Å². The maximum Gasteiger partial charge on any atom is 0.123 e. The van der Waals surface area contributed by atoms with Crippen molar-refractivity contribution < 1.29 is 4.74 Å². The average Bonchev–Trinajstić information content (AvgIpc) is 2.48. The number of ether oxygens (including phenoxy) is 1. The van der Waals surface area contributed by atoms with Crippen LogP contribution in [0, 0.1) is 5.92 Å². The molecule has 0 aromatic heterocycles. The highest BCUT2D eigenvalue weighted by molar-refractivity contribution is 5.33. The first-order valence-electron chi connectivity index (χ1n) is 7.76. The molecule has 1 aromatic rings. The molecule has 2 atom stereocenters. The van der Waals surface area contributed by atoms with Gasteiger partial charge in [-0.2, -0.15) is 0 Å². The van der Waals surface area contributed by atoms with E-state index < -0.39 is 0 Å². The maximum atomic E-state index is 5.43. The molecule has 0 saturated carbocycles. The Bertz CT molecular complexity index is 408. The van der Waals surface area contributed by atoms with Crippen LogP contribution in [0.3, 0.4) is 0 Å². The fraction of sp³-hybridized carbons (Fsp3) is 0.647. The molecule has 1 aromatic carbocycles. The highest BCUT2D eigenvalue weighted by atomic mass is 16.5. The normalized spacial score (nSPS) is 23.0. The van der Waals surface area contributed by atoms with E-state index in [4.69, 9.17) is 4.74 Å². The predicted octanol–water partition coefficient (Wildman–Crippen LogP) is 2.91. The molecule has 0 radical (unpaired) electrons. The number of piperidine rings is 1. The topological polar surface area (TPSA) is 24.5 Å². The fourth-order valence-corrected chi connectivity index (χ4v) is 3.17. The quantitative estimate of drug-likeness (QED) is 0.864. The Morgan fingerprint density at radius 3 is 2.90 bits per heavy atom. The van der Waals surface area contributed by atoms with Crippen LogP contribution in [0.5, 0.6) is 5.75 Å². The third-order valence-electron chi connectivity index (χ3n) is 4.35. The highest BCUT2D eigenvalue weighted by Crippen LogP contribution is 2.22. The molecule has 112 valence electrons. The summed E-state index contributed by atoms with van der Waals surface area (Å²) in [5.74, 6) is 1.89. The number of methoxy groups -OCH3 is 1. The summed E-state index contributed by atoms with van der Waals surface area (Å²) in [6.45, 7) is 5.53. The zero-order valence-electron chi connectivity index (χ0n) is 13.1. The van der Waals surface area contributed by atoms with E-state index in [9.17, 15) is 0 Å². The molecule has 0 amide bonds. The van der Waals surface area contributed by atoms with Crippen molar-refractivity contribution in [2.75, 3.05) is 27.2 Å². The van der Waals surface area contributed by atoms with Crippen LogP contribution in [0.15, 0.2) is 24.3 Å². The molecule has 1 saturated heterocycles. The molecular formula is C17H28N2O. The molecule has 2 unspecified atom stereocenters. The lowest BCUT2D eigenvalue weighted by atomic mass is 9.90. The fourth-order valence-electron chi connectivity index (χ4n) is 3.17. The van der Waals surface area contributed by atoms with Crippen molar-refractivity contribution >= 4 is 0 Å². The van der Waals surface area contributed by atoms with Crippen LogP contribution in [-0.4, -0.2) is 38.2 Å². The second-order valence-corrected chi connectivity index (χ2v) is 5.96. The molecule has 0 aliphatic carbocycles. The van der Waals surface area contributed by atoms with Crippen molar-refractivity contribution in [1.82, 2.24) is 10.2 Å². The van der Waals surface area contributed by atoms with Gasteiger partial charge in [0.05, 0.1) is 7.11 Å². The molecule has 3 heteroatoms. The van der Waals surface area contributed by atoms with Crippen molar-refractivity contribution in [2.24, 2.45) is 5.92 Å². The van der Waals surface area contributed by atoms with E-state index in [0.717, 1.165) is 24.8 Å². The van der Waals surface area contributed by atoms with Crippen LogP contribution in [0.2, 0.25) is 0 Å². The van der Waals surface area contributed by atoms with E-state index in [-0.39, 0.29) is 0 Å². The van der Waals surface area contributed by atoms with Crippen LogP contribution in [0.1, 0.15) is 31.7 Å². The van der Waals surface area contributed by atoms with Crippen LogP contribution >= 0.6 is 0 Å². The Labute approximate surface area is 123 Å². The lowest BCUT2D eigenvalue weighted by Gasteiger charge is -2.32.